The van der Waals surface area contributed by atoms with Crippen molar-refractivity contribution in [3.8, 4) is 16.3 Å². The number of nitrogens with zero attached hydrogens (tertiary/aromatic N) is 2. The van der Waals surface area contributed by atoms with Gasteiger partial charge in [0.15, 0.2) is 6.61 Å². The van der Waals surface area contributed by atoms with E-state index >= 15 is 0 Å². The van der Waals surface area contributed by atoms with E-state index in [1.54, 1.807) is 23.5 Å². The number of carbonyl (C=O) groups is 2. The largest absolute Gasteiger partial charge is 0.482 e. The lowest BCUT2D eigenvalue weighted by Crippen LogP contribution is -2.24. The highest BCUT2D eigenvalue weighted by Gasteiger charge is 2.10. The Hall–Kier alpha value is -3.23. The average molecular weight is 524 g/mol. The Morgan fingerprint density at radius 2 is 1.68 bits per heavy atom. The molecule has 0 saturated carbocycles. The van der Waals surface area contributed by atoms with E-state index in [9.17, 15) is 9.59 Å². The first-order valence-corrected chi connectivity index (χ1v) is 13.8. The van der Waals surface area contributed by atoms with Crippen LogP contribution in [0.15, 0.2) is 53.9 Å². The zero-order valence-corrected chi connectivity index (χ0v) is 22.6. The van der Waals surface area contributed by atoms with Crippen molar-refractivity contribution in [1.82, 2.24) is 15.2 Å². The van der Waals surface area contributed by atoms with Crippen molar-refractivity contribution in [3.63, 3.8) is 0 Å². The summed E-state index contributed by atoms with van der Waals surface area (Å²) in [6.45, 7) is 4.02. The number of carboxylic acid groups (broad SMARTS) is 1. The first-order chi connectivity index (χ1) is 17.9. The van der Waals surface area contributed by atoms with E-state index in [2.05, 4.69) is 22.5 Å². The third-order valence-corrected chi connectivity index (χ3v) is 6.87. The molecule has 3 rings (SSSR count). The molecule has 0 atom stereocenters. The topological polar surface area (TPSA) is 91.8 Å². The summed E-state index contributed by atoms with van der Waals surface area (Å²) in [6.07, 6.45) is 7.24. The second-order valence-electron chi connectivity index (χ2n) is 9.24. The molecule has 2 N–H and O–H groups in total. The van der Waals surface area contributed by atoms with Gasteiger partial charge < -0.3 is 15.2 Å². The van der Waals surface area contributed by atoms with Gasteiger partial charge in [-0.25, -0.2) is 9.78 Å². The molecule has 198 valence electrons. The molecule has 0 bridgehead atoms. The third kappa shape index (κ3) is 9.98. The van der Waals surface area contributed by atoms with Crippen LogP contribution in [0.4, 0.5) is 0 Å². The van der Waals surface area contributed by atoms with E-state index in [4.69, 9.17) is 14.8 Å². The zero-order chi connectivity index (χ0) is 26.5. The highest BCUT2D eigenvalue weighted by Crippen LogP contribution is 2.25. The van der Waals surface area contributed by atoms with Crippen molar-refractivity contribution in [2.24, 2.45) is 0 Å². The van der Waals surface area contributed by atoms with Gasteiger partial charge in [0, 0.05) is 36.1 Å². The summed E-state index contributed by atoms with van der Waals surface area (Å²) in [4.78, 5) is 30.0. The first-order valence-electron chi connectivity index (χ1n) is 12.9. The van der Waals surface area contributed by atoms with Crippen molar-refractivity contribution < 1.29 is 19.4 Å². The number of carbonyl (C=O) groups excluding carboxylic acids is 1. The van der Waals surface area contributed by atoms with Gasteiger partial charge >= 0.3 is 5.97 Å². The molecule has 7 nitrogen and oxygen atoms in total. The molecule has 2 aromatic carbocycles. The summed E-state index contributed by atoms with van der Waals surface area (Å²) in [7, 11) is 2.03. The molecule has 1 amide bonds. The Morgan fingerprint density at radius 3 is 2.38 bits per heavy atom. The van der Waals surface area contributed by atoms with Crippen LogP contribution >= 0.6 is 11.3 Å². The molecule has 0 spiro atoms. The molecule has 37 heavy (non-hydrogen) atoms. The van der Waals surface area contributed by atoms with E-state index in [1.165, 1.54) is 25.7 Å². The maximum Gasteiger partial charge on any atom is 0.341 e. The molecule has 1 heterocycles. The molecule has 8 heteroatoms. The fourth-order valence-corrected chi connectivity index (χ4v) is 4.78. The predicted octanol–water partition coefficient (Wildman–Crippen LogP) is 6.00. The van der Waals surface area contributed by atoms with Crippen molar-refractivity contribution in [2.45, 2.75) is 58.5 Å². The molecular weight excluding hydrogens is 486 g/mol. The normalized spacial score (nSPS) is 11.0. The molecule has 0 aliphatic carbocycles. The number of unbranched alkanes of at least 4 members (excludes halogenated alkanes) is 5. The quantitative estimate of drug-likeness (QED) is 0.224. The summed E-state index contributed by atoms with van der Waals surface area (Å²) in [5.74, 6) is -0.478. The Balaban J connectivity index is 1.44. The summed E-state index contributed by atoms with van der Waals surface area (Å²) in [5.41, 5.74) is 3.77. The maximum atomic E-state index is 12.4. The number of aromatic nitrogens is 1. The van der Waals surface area contributed by atoms with Crippen molar-refractivity contribution >= 4 is 23.2 Å². The fourth-order valence-electron chi connectivity index (χ4n) is 3.97. The van der Waals surface area contributed by atoms with Gasteiger partial charge in [-0.3, -0.25) is 9.69 Å². The molecule has 0 saturated heterocycles. The number of nitrogens with one attached hydrogen (secondary N) is 1. The number of ether oxygens (including phenoxy) is 1. The number of hydrogen-bond acceptors (Lipinski definition) is 6. The van der Waals surface area contributed by atoms with E-state index in [0.29, 0.717) is 17.9 Å². The summed E-state index contributed by atoms with van der Waals surface area (Å²) < 4.78 is 5.18. The van der Waals surface area contributed by atoms with Gasteiger partial charge in [-0.1, -0.05) is 63.3 Å². The molecule has 0 aliphatic heterocycles. The molecule has 0 fully saturated rings. The van der Waals surface area contributed by atoms with Crippen molar-refractivity contribution in [2.75, 3.05) is 20.2 Å². The minimum Gasteiger partial charge on any atom is -0.482 e. The summed E-state index contributed by atoms with van der Waals surface area (Å²) >= 11 is 1.60. The number of hydrogen-bond donors (Lipinski definition) is 2. The number of rotatable bonds is 16. The average Bonchev–Trinajstić information content (AvgIpc) is 3.36. The number of amides is 1. The monoisotopic (exact) mass is 523 g/mol. The molecule has 0 unspecified atom stereocenters. The number of carboxylic acids is 1. The minimum atomic E-state index is -0.994. The van der Waals surface area contributed by atoms with Crippen LogP contribution in [0, 0.1) is 0 Å². The number of thiazole rings is 1. The van der Waals surface area contributed by atoms with Gasteiger partial charge in [0.05, 0.1) is 5.69 Å². The van der Waals surface area contributed by atoms with Crippen LogP contribution in [0.3, 0.4) is 0 Å². The first kappa shape index (κ1) is 28.3. The van der Waals surface area contributed by atoms with Crippen LogP contribution in [0.25, 0.3) is 10.6 Å². The second kappa shape index (κ2) is 15.1. The van der Waals surface area contributed by atoms with Crippen molar-refractivity contribution in [1.29, 1.82) is 0 Å². The number of benzene rings is 2. The molecular formula is C29H37N3O4S. The van der Waals surface area contributed by atoms with E-state index < -0.39 is 5.97 Å². The predicted molar refractivity (Wildman–Crippen MR) is 148 cm³/mol. The third-order valence-electron chi connectivity index (χ3n) is 5.93. The Kier molecular flexibility index (Phi) is 11.6. The van der Waals surface area contributed by atoms with Crippen LogP contribution in [-0.2, 0) is 17.9 Å². The Labute approximate surface area is 223 Å². The van der Waals surface area contributed by atoms with Crippen molar-refractivity contribution in [3.05, 3.63) is 70.7 Å². The standard InChI is InChI=1S/C29H37N3O4S/c1-3-4-5-6-7-8-17-30-28(35)23-11-13-24(14-12-23)29-31-25(21-37-29)19-32(2)18-22-9-15-26(16-10-22)36-20-27(33)34/h9-16,21H,3-8,17-20H2,1-2H3,(H,30,35)(H,33,34). The van der Waals surface area contributed by atoms with Crippen LogP contribution in [0.5, 0.6) is 5.75 Å². The molecule has 0 aliphatic rings. The summed E-state index contributed by atoms with van der Waals surface area (Å²) in [5, 5.41) is 14.7. The highest BCUT2D eigenvalue weighted by atomic mass is 32.1. The highest BCUT2D eigenvalue weighted by molar-refractivity contribution is 7.13. The lowest BCUT2D eigenvalue weighted by Gasteiger charge is -2.15. The second-order valence-corrected chi connectivity index (χ2v) is 10.1. The van der Waals surface area contributed by atoms with E-state index in [-0.39, 0.29) is 12.5 Å². The molecule has 0 radical (unpaired) electrons. The van der Waals surface area contributed by atoms with Gasteiger partial charge in [0.2, 0.25) is 0 Å². The summed E-state index contributed by atoms with van der Waals surface area (Å²) in [6, 6.07) is 15.1. The SMILES string of the molecule is CCCCCCCCNC(=O)c1ccc(-c2nc(CN(C)Cc3ccc(OCC(=O)O)cc3)cs2)cc1. The van der Waals surface area contributed by atoms with Gasteiger partial charge in [-0.05, 0) is 43.3 Å². The molecule has 1 aromatic heterocycles. The van der Waals surface area contributed by atoms with Gasteiger partial charge in [0.1, 0.15) is 10.8 Å². The fraction of sp³-hybridized carbons (Fsp3) is 0.414. The van der Waals surface area contributed by atoms with Crippen LogP contribution in [-0.4, -0.2) is 47.1 Å². The van der Waals surface area contributed by atoms with Crippen LogP contribution in [0.2, 0.25) is 0 Å². The number of aliphatic carboxylic acids is 1. The van der Waals surface area contributed by atoms with Gasteiger partial charge in [-0.2, -0.15) is 0 Å². The van der Waals surface area contributed by atoms with Crippen LogP contribution in [0.1, 0.15) is 67.1 Å². The minimum absolute atomic E-state index is 0.0250. The molecule has 3 aromatic rings. The Bertz CT molecular complexity index is 1110. The lowest BCUT2D eigenvalue weighted by atomic mass is 10.1. The van der Waals surface area contributed by atoms with E-state index in [0.717, 1.165) is 47.8 Å². The van der Waals surface area contributed by atoms with E-state index in [1.807, 2.05) is 43.4 Å². The van der Waals surface area contributed by atoms with Gasteiger partial charge in [0.25, 0.3) is 5.91 Å². The smallest absolute Gasteiger partial charge is 0.341 e. The zero-order valence-electron chi connectivity index (χ0n) is 21.7. The Morgan fingerprint density at radius 1 is 0.973 bits per heavy atom. The maximum absolute atomic E-state index is 12.4. The van der Waals surface area contributed by atoms with Gasteiger partial charge in [-0.15, -0.1) is 11.3 Å². The van der Waals surface area contributed by atoms with Crippen LogP contribution < -0.4 is 10.1 Å². The lowest BCUT2D eigenvalue weighted by molar-refractivity contribution is -0.139.